The molecule has 3 aromatic carbocycles. The van der Waals surface area contributed by atoms with E-state index in [-0.39, 0.29) is 18.4 Å². The number of aliphatic carboxylic acids is 1. The molecule has 0 unspecified atom stereocenters. The van der Waals surface area contributed by atoms with Gasteiger partial charge in [-0.15, -0.1) is 0 Å². The summed E-state index contributed by atoms with van der Waals surface area (Å²) in [5.74, 6) is -0.527. The van der Waals surface area contributed by atoms with Gasteiger partial charge >= 0.3 is 12.0 Å². The maximum atomic E-state index is 13.3. The lowest BCUT2D eigenvalue weighted by atomic mass is 10.1. The molecule has 1 aliphatic carbocycles. The van der Waals surface area contributed by atoms with Crippen molar-refractivity contribution in [3.63, 3.8) is 0 Å². The lowest BCUT2D eigenvalue weighted by Gasteiger charge is -2.23. The summed E-state index contributed by atoms with van der Waals surface area (Å²) in [6.45, 7) is 0.485. The van der Waals surface area contributed by atoms with Gasteiger partial charge in [0.15, 0.2) is 0 Å². The number of urea groups is 1. The van der Waals surface area contributed by atoms with Crippen molar-refractivity contribution in [2.45, 2.75) is 31.8 Å². The van der Waals surface area contributed by atoms with Crippen LogP contribution in [0, 0.1) is 0 Å². The second-order valence-corrected chi connectivity index (χ2v) is 9.79. The Morgan fingerprint density at radius 1 is 1.00 bits per heavy atom. The second kappa shape index (κ2) is 12.4. The van der Waals surface area contributed by atoms with Gasteiger partial charge in [0.2, 0.25) is 5.91 Å². The number of benzene rings is 3. The first-order chi connectivity index (χ1) is 18.3. The van der Waals surface area contributed by atoms with E-state index in [1.54, 1.807) is 18.2 Å². The fraction of sp³-hybridized carbons (Fsp3) is 0.207. The standard InChI is InChI=1S/C29H28BrN3O5/c1-38-26-16-21(10-14-25(26)32-29(37)31-24-5-3-2-4-23(24)30)17-27(34)33(22-12-13-22)18-20-8-6-19(7-9-20)11-15-28(35)36/h2-11,14-16,22H,12-13,17-18H2,1H3,(H,35,36)(H2,31,32,37). The molecule has 38 heavy (non-hydrogen) atoms. The van der Waals surface area contributed by atoms with Crippen LogP contribution in [0.2, 0.25) is 0 Å². The van der Waals surface area contributed by atoms with Crippen LogP contribution in [0.25, 0.3) is 6.08 Å². The summed E-state index contributed by atoms with van der Waals surface area (Å²) >= 11 is 3.41. The Morgan fingerprint density at radius 3 is 2.34 bits per heavy atom. The highest BCUT2D eigenvalue weighted by Crippen LogP contribution is 2.31. The molecule has 3 N–H and O–H groups in total. The third kappa shape index (κ3) is 7.45. The number of nitrogens with one attached hydrogen (secondary N) is 2. The fourth-order valence-electron chi connectivity index (χ4n) is 3.97. The van der Waals surface area contributed by atoms with E-state index < -0.39 is 12.0 Å². The normalized spacial score (nSPS) is 12.7. The van der Waals surface area contributed by atoms with Gasteiger partial charge in [-0.1, -0.05) is 42.5 Å². The van der Waals surface area contributed by atoms with E-state index in [2.05, 4.69) is 26.6 Å². The van der Waals surface area contributed by atoms with Crippen molar-refractivity contribution < 1.29 is 24.2 Å². The average Bonchev–Trinajstić information content (AvgIpc) is 3.74. The lowest BCUT2D eigenvalue weighted by molar-refractivity contribution is -0.132. The topological polar surface area (TPSA) is 108 Å². The summed E-state index contributed by atoms with van der Waals surface area (Å²) in [4.78, 5) is 38.4. The van der Waals surface area contributed by atoms with E-state index in [0.717, 1.165) is 40.1 Å². The number of para-hydroxylation sites is 1. The molecular weight excluding hydrogens is 550 g/mol. The molecule has 196 valence electrons. The number of nitrogens with zero attached hydrogens (tertiary/aromatic N) is 1. The number of ether oxygens (including phenoxy) is 1. The van der Waals surface area contributed by atoms with Gasteiger partial charge in [-0.2, -0.15) is 0 Å². The first-order valence-electron chi connectivity index (χ1n) is 12.1. The number of amides is 3. The molecule has 0 bridgehead atoms. The Hall–Kier alpha value is -4.11. The molecule has 0 spiro atoms. The van der Waals surface area contributed by atoms with Crippen molar-refractivity contribution in [1.29, 1.82) is 0 Å². The predicted molar refractivity (Wildman–Crippen MR) is 150 cm³/mol. The van der Waals surface area contributed by atoms with Gasteiger partial charge < -0.3 is 25.4 Å². The highest BCUT2D eigenvalue weighted by molar-refractivity contribution is 9.10. The molecule has 9 heteroatoms. The van der Waals surface area contributed by atoms with Crippen molar-refractivity contribution in [1.82, 2.24) is 4.90 Å². The molecule has 0 aromatic heterocycles. The van der Waals surface area contributed by atoms with Gasteiger partial charge in [-0.25, -0.2) is 9.59 Å². The Bertz CT molecular complexity index is 1350. The highest BCUT2D eigenvalue weighted by atomic mass is 79.9. The van der Waals surface area contributed by atoms with E-state index in [4.69, 9.17) is 9.84 Å². The zero-order valence-corrected chi connectivity index (χ0v) is 22.4. The zero-order chi connectivity index (χ0) is 27.1. The van der Waals surface area contributed by atoms with Crippen molar-refractivity contribution in [2.75, 3.05) is 17.7 Å². The number of carbonyl (C=O) groups is 3. The number of anilines is 2. The van der Waals surface area contributed by atoms with Crippen molar-refractivity contribution in [3.8, 4) is 5.75 Å². The van der Waals surface area contributed by atoms with Crippen LogP contribution < -0.4 is 15.4 Å². The minimum absolute atomic E-state index is 0.0109. The Kier molecular flexibility index (Phi) is 8.81. The number of carboxylic acid groups (broad SMARTS) is 1. The summed E-state index contributed by atoms with van der Waals surface area (Å²) in [5, 5.41) is 14.4. The van der Waals surface area contributed by atoms with Crippen LogP contribution in [0.4, 0.5) is 16.2 Å². The monoisotopic (exact) mass is 577 g/mol. The summed E-state index contributed by atoms with van der Waals surface area (Å²) in [6, 6.07) is 19.9. The Balaban J connectivity index is 1.40. The molecule has 8 nitrogen and oxygen atoms in total. The number of methoxy groups -OCH3 is 1. The summed E-state index contributed by atoms with van der Waals surface area (Å²) in [7, 11) is 1.52. The first-order valence-corrected chi connectivity index (χ1v) is 12.9. The molecule has 0 radical (unpaired) electrons. The Labute approximate surface area is 229 Å². The summed E-state index contributed by atoms with van der Waals surface area (Å²) < 4.78 is 6.25. The van der Waals surface area contributed by atoms with E-state index in [9.17, 15) is 14.4 Å². The van der Waals surface area contributed by atoms with Crippen molar-refractivity contribution in [2.24, 2.45) is 0 Å². The lowest BCUT2D eigenvalue weighted by Crippen LogP contribution is -2.33. The number of carbonyl (C=O) groups excluding carboxylic acids is 2. The van der Waals surface area contributed by atoms with E-state index in [1.165, 1.54) is 13.2 Å². The first kappa shape index (κ1) is 26.9. The van der Waals surface area contributed by atoms with Gasteiger partial charge in [0.1, 0.15) is 5.75 Å². The third-order valence-electron chi connectivity index (χ3n) is 6.05. The number of rotatable bonds is 10. The quantitative estimate of drug-likeness (QED) is 0.259. The van der Waals surface area contributed by atoms with Crippen LogP contribution in [-0.4, -0.2) is 41.1 Å². The van der Waals surface area contributed by atoms with Crippen LogP contribution in [-0.2, 0) is 22.6 Å². The molecular formula is C29H28BrN3O5. The third-order valence-corrected chi connectivity index (χ3v) is 6.74. The SMILES string of the molecule is COc1cc(CC(=O)N(Cc2ccc(C=CC(=O)O)cc2)C2CC2)ccc1NC(=O)Nc1ccccc1Br. The van der Waals surface area contributed by atoms with Gasteiger partial charge in [-0.3, -0.25) is 4.79 Å². The fourth-order valence-corrected chi connectivity index (χ4v) is 4.35. The van der Waals surface area contributed by atoms with Crippen LogP contribution in [0.3, 0.4) is 0 Å². The van der Waals surface area contributed by atoms with E-state index in [1.807, 2.05) is 53.4 Å². The minimum atomic E-state index is -0.997. The minimum Gasteiger partial charge on any atom is -0.495 e. The molecule has 0 aliphatic heterocycles. The number of hydrogen-bond donors (Lipinski definition) is 3. The van der Waals surface area contributed by atoms with Gasteiger partial charge in [0.25, 0.3) is 0 Å². The van der Waals surface area contributed by atoms with Gasteiger partial charge in [0, 0.05) is 23.1 Å². The molecule has 4 rings (SSSR count). The maximum absolute atomic E-state index is 13.3. The molecule has 0 heterocycles. The Morgan fingerprint density at radius 2 is 1.68 bits per heavy atom. The molecule has 1 fully saturated rings. The van der Waals surface area contributed by atoms with Crippen LogP contribution in [0.15, 0.2) is 77.3 Å². The smallest absolute Gasteiger partial charge is 0.328 e. The van der Waals surface area contributed by atoms with E-state index in [0.29, 0.717) is 23.7 Å². The summed E-state index contributed by atoms with van der Waals surface area (Å²) in [5.41, 5.74) is 3.67. The van der Waals surface area contributed by atoms with Gasteiger partial charge in [-0.05, 0) is 75.8 Å². The van der Waals surface area contributed by atoms with Crippen molar-refractivity contribution >= 4 is 51.3 Å². The number of halogens is 1. The second-order valence-electron chi connectivity index (χ2n) is 8.94. The summed E-state index contributed by atoms with van der Waals surface area (Å²) in [6.07, 6.45) is 4.79. The van der Waals surface area contributed by atoms with Crippen molar-refractivity contribution in [3.05, 3.63) is 94.0 Å². The van der Waals surface area contributed by atoms with Crippen LogP contribution in [0.5, 0.6) is 5.75 Å². The molecule has 3 aromatic rings. The molecule has 3 amide bonds. The molecule has 1 saturated carbocycles. The predicted octanol–water partition coefficient (Wildman–Crippen LogP) is 5.93. The zero-order valence-electron chi connectivity index (χ0n) is 20.8. The van der Waals surface area contributed by atoms with E-state index >= 15 is 0 Å². The number of carboxylic acids is 1. The highest BCUT2D eigenvalue weighted by Gasteiger charge is 2.32. The number of hydrogen-bond acceptors (Lipinski definition) is 4. The van der Waals surface area contributed by atoms with Crippen LogP contribution >= 0.6 is 15.9 Å². The van der Waals surface area contributed by atoms with Gasteiger partial charge in [0.05, 0.1) is 24.9 Å². The average molecular weight is 578 g/mol. The van der Waals surface area contributed by atoms with Crippen LogP contribution in [0.1, 0.15) is 29.5 Å². The largest absolute Gasteiger partial charge is 0.495 e. The molecule has 0 atom stereocenters. The maximum Gasteiger partial charge on any atom is 0.328 e. The molecule has 0 saturated heterocycles. The molecule has 1 aliphatic rings.